The zero-order chi connectivity index (χ0) is 12.5. The van der Waals surface area contributed by atoms with Crippen molar-refractivity contribution in [3.8, 4) is 0 Å². The molecule has 0 amide bonds. The summed E-state index contributed by atoms with van der Waals surface area (Å²) < 4.78 is 14.1. The Kier molecular flexibility index (Phi) is 3.04. The predicted octanol–water partition coefficient (Wildman–Crippen LogP) is 3.95. The minimum Gasteiger partial charge on any atom is -0.380 e. The second-order valence-electron chi connectivity index (χ2n) is 4.54. The molecular weight excluding hydrogens is 295 g/mol. The summed E-state index contributed by atoms with van der Waals surface area (Å²) in [6.07, 6.45) is 4.59. The van der Waals surface area contributed by atoms with Crippen molar-refractivity contribution in [3.63, 3.8) is 0 Å². The van der Waals surface area contributed by atoms with Gasteiger partial charge in [0.2, 0.25) is 0 Å². The third-order valence-corrected chi connectivity index (χ3v) is 3.56. The van der Waals surface area contributed by atoms with Crippen LogP contribution in [0.2, 0.25) is 0 Å². The molecule has 1 aliphatic carbocycles. The number of aromatic nitrogens is 1. The van der Waals surface area contributed by atoms with Crippen molar-refractivity contribution in [1.82, 2.24) is 4.98 Å². The molecule has 1 heterocycles. The first kappa shape index (κ1) is 11.7. The summed E-state index contributed by atoms with van der Waals surface area (Å²) in [6.45, 7) is 0. The van der Waals surface area contributed by atoms with Gasteiger partial charge >= 0.3 is 0 Å². The van der Waals surface area contributed by atoms with Gasteiger partial charge in [-0.05, 0) is 46.1 Å². The molecule has 1 aromatic heterocycles. The minimum absolute atomic E-state index is 0.165. The maximum Gasteiger partial charge on any atom is 0.123 e. The van der Waals surface area contributed by atoms with E-state index in [0.29, 0.717) is 12.0 Å². The summed E-state index contributed by atoms with van der Waals surface area (Å²) in [5.41, 5.74) is 2.06. The Morgan fingerprint density at radius 1 is 1.28 bits per heavy atom. The largest absolute Gasteiger partial charge is 0.380 e. The number of hydrogen-bond acceptors (Lipinski definition) is 2. The second kappa shape index (κ2) is 4.69. The second-order valence-corrected chi connectivity index (χ2v) is 5.46. The van der Waals surface area contributed by atoms with Gasteiger partial charge in [-0.15, -0.1) is 0 Å². The molecule has 1 aromatic carbocycles. The maximum absolute atomic E-state index is 13.1. The number of anilines is 1. The Morgan fingerprint density at radius 3 is 2.94 bits per heavy atom. The molecule has 4 heteroatoms. The predicted molar refractivity (Wildman–Crippen MR) is 73.1 cm³/mol. The topological polar surface area (TPSA) is 24.9 Å². The summed E-state index contributed by atoms with van der Waals surface area (Å²) in [7, 11) is 0. The van der Waals surface area contributed by atoms with E-state index in [2.05, 4.69) is 26.2 Å². The standard InChI is InChI=1S/C14H12BrFN2/c15-10-5-12(8-17-7-10)18-14-6-13(14)9-2-1-3-11(16)4-9/h1-5,7-8,13-14,18H,6H2/t13-,14+/m0/s1. The molecule has 2 aromatic rings. The maximum atomic E-state index is 13.1. The molecule has 1 N–H and O–H groups in total. The van der Waals surface area contributed by atoms with E-state index < -0.39 is 0 Å². The van der Waals surface area contributed by atoms with Gasteiger partial charge in [-0.1, -0.05) is 12.1 Å². The highest BCUT2D eigenvalue weighted by Crippen LogP contribution is 2.42. The molecule has 0 bridgehead atoms. The summed E-state index contributed by atoms with van der Waals surface area (Å²) >= 11 is 3.39. The lowest BCUT2D eigenvalue weighted by Crippen LogP contribution is -2.04. The number of halogens is 2. The van der Waals surface area contributed by atoms with Crippen molar-refractivity contribution in [2.45, 2.75) is 18.4 Å². The average Bonchev–Trinajstić information content (AvgIpc) is 3.08. The molecule has 3 rings (SSSR count). The number of benzene rings is 1. The van der Waals surface area contributed by atoms with E-state index in [-0.39, 0.29) is 5.82 Å². The smallest absolute Gasteiger partial charge is 0.123 e. The number of hydrogen-bond donors (Lipinski definition) is 1. The molecule has 0 unspecified atom stereocenters. The fourth-order valence-electron chi connectivity index (χ4n) is 2.17. The van der Waals surface area contributed by atoms with Crippen molar-refractivity contribution >= 4 is 21.6 Å². The molecule has 1 fully saturated rings. The molecule has 92 valence electrons. The van der Waals surface area contributed by atoms with E-state index in [1.807, 2.05) is 12.1 Å². The van der Waals surface area contributed by atoms with Gasteiger partial charge in [0.25, 0.3) is 0 Å². The van der Waals surface area contributed by atoms with Crippen molar-refractivity contribution in [2.24, 2.45) is 0 Å². The van der Waals surface area contributed by atoms with Gasteiger partial charge in [0.1, 0.15) is 5.82 Å². The van der Waals surface area contributed by atoms with Gasteiger partial charge in [-0.25, -0.2) is 4.39 Å². The number of rotatable bonds is 3. The first-order valence-corrected chi connectivity index (χ1v) is 6.64. The van der Waals surface area contributed by atoms with Crippen LogP contribution in [0.25, 0.3) is 0 Å². The zero-order valence-corrected chi connectivity index (χ0v) is 11.2. The van der Waals surface area contributed by atoms with Crippen LogP contribution in [0.4, 0.5) is 10.1 Å². The third-order valence-electron chi connectivity index (χ3n) is 3.12. The van der Waals surface area contributed by atoms with Crippen LogP contribution in [0.15, 0.2) is 47.2 Å². The zero-order valence-electron chi connectivity index (χ0n) is 9.61. The van der Waals surface area contributed by atoms with E-state index in [1.54, 1.807) is 24.5 Å². The van der Waals surface area contributed by atoms with Crippen LogP contribution in [-0.4, -0.2) is 11.0 Å². The normalized spacial score (nSPS) is 21.7. The highest BCUT2D eigenvalue weighted by molar-refractivity contribution is 9.10. The number of pyridine rings is 1. The van der Waals surface area contributed by atoms with E-state index >= 15 is 0 Å². The highest BCUT2D eigenvalue weighted by Gasteiger charge is 2.38. The summed E-state index contributed by atoms with van der Waals surface area (Å²) in [4.78, 5) is 4.11. The van der Waals surface area contributed by atoms with Crippen LogP contribution < -0.4 is 5.32 Å². The number of nitrogens with one attached hydrogen (secondary N) is 1. The molecular formula is C14H12BrFN2. The molecule has 2 nitrogen and oxygen atoms in total. The van der Waals surface area contributed by atoms with Crippen molar-refractivity contribution in [3.05, 3.63) is 58.6 Å². The molecule has 18 heavy (non-hydrogen) atoms. The van der Waals surface area contributed by atoms with E-state index in [4.69, 9.17) is 0 Å². The first-order valence-electron chi connectivity index (χ1n) is 5.85. The first-order chi connectivity index (χ1) is 8.72. The van der Waals surface area contributed by atoms with Gasteiger partial charge in [-0.3, -0.25) is 4.98 Å². The Balaban J connectivity index is 1.68. The van der Waals surface area contributed by atoms with Crippen molar-refractivity contribution in [2.75, 3.05) is 5.32 Å². The molecule has 0 saturated heterocycles. The van der Waals surface area contributed by atoms with Crippen LogP contribution in [-0.2, 0) is 0 Å². The van der Waals surface area contributed by atoms with Crippen LogP contribution in [0, 0.1) is 5.82 Å². The lowest BCUT2D eigenvalue weighted by Gasteiger charge is -2.06. The molecule has 0 aliphatic heterocycles. The summed E-state index contributed by atoms with van der Waals surface area (Å²) in [6, 6.07) is 9.21. The number of nitrogens with zero attached hydrogens (tertiary/aromatic N) is 1. The fraction of sp³-hybridized carbons (Fsp3) is 0.214. The molecule has 0 radical (unpaired) electrons. The van der Waals surface area contributed by atoms with Crippen LogP contribution in [0.3, 0.4) is 0 Å². The summed E-state index contributed by atoms with van der Waals surface area (Å²) in [5, 5.41) is 3.41. The summed E-state index contributed by atoms with van der Waals surface area (Å²) in [5.74, 6) is 0.238. The Hall–Kier alpha value is -1.42. The van der Waals surface area contributed by atoms with Crippen molar-refractivity contribution in [1.29, 1.82) is 0 Å². The van der Waals surface area contributed by atoms with E-state index in [0.717, 1.165) is 22.1 Å². The lowest BCUT2D eigenvalue weighted by atomic mass is 10.1. The quantitative estimate of drug-likeness (QED) is 0.928. The Bertz CT molecular complexity index is 573. The van der Waals surface area contributed by atoms with Gasteiger partial charge in [0.05, 0.1) is 11.9 Å². The molecule has 2 atom stereocenters. The SMILES string of the molecule is Fc1cccc([C@@H]2C[C@H]2Nc2cncc(Br)c2)c1. The van der Waals surface area contributed by atoms with Gasteiger partial charge in [0, 0.05) is 22.6 Å². The molecule has 0 spiro atoms. The third kappa shape index (κ3) is 2.53. The van der Waals surface area contributed by atoms with Gasteiger partial charge < -0.3 is 5.32 Å². The minimum atomic E-state index is -0.165. The Morgan fingerprint density at radius 2 is 2.17 bits per heavy atom. The monoisotopic (exact) mass is 306 g/mol. The van der Waals surface area contributed by atoms with Crippen molar-refractivity contribution < 1.29 is 4.39 Å². The van der Waals surface area contributed by atoms with Crippen LogP contribution in [0.1, 0.15) is 17.9 Å². The molecule has 1 aliphatic rings. The lowest BCUT2D eigenvalue weighted by molar-refractivity contribution is 0.625. The van der Waals surface area contributed by atoms with E-state index in [9.17, 15) is 4.39 Å². The highest BCUT2D eigenvalue weighted by atomic mass is 79.9. The fourth-order valence-corrected chi connectivity index (χ4v) is 2.53. The van der Waals surface area contributed by atoms with Gasteiger partial charge in [0.15, 0.2) is 0 Å². The van der Waals surface area contributed by atoms with Gasteiger partial charge in [-0.2, -0.15) is 0 Å². The van der Waals surface area contributed by atoms with Crippen LogP contribution >= 0.6 is 15.9 Å². The average molecular weight is 307 g/mol. The van der Waals surface area contributed by atoms with E-state index in [1.165, 1.54) is 6.07 Å². The van der Waals surface area contributed by atoms with Crippen LogP contribution in [0.5, 0.6) is 0 Å². The molecule has 1 saturated carbocycles. The Labute approximate surface area is 113 Å².